The van der Waals surface area contributed by atoms with Gasteiger partial charge in [-0.2, -0.15) is 0 Å². The summed E-state index contributed by atoms with van der Waals surface area (Å²) in [5.74, 6) is 0.855. The normalized spacial score (nSPS) is 11.5. The van der Waals surface area contributed by atoms with E-state index < -0.39 is 26.1 Å². The van der Waals surface area contributed by atoms with E-state index in [1.807, 2.05) is 4.72 Å². The highest BCUT2D eigenvalue weighted by Gasteiger charge is 2.22. The van der Waals surface area contributed by atoms with Gasteiger partial charge in [-0.15, -0.1) is 0 Å². The van der Waals surface area contributed by atoms with E-state index in [1.54, 1.807) is 24.3 Å². The summed E-state index contributed by atoms with van der Waals surface area (Å²) in [5.41, 5.74) is 0. The molecule has 192 valence electrons. The zero-order chi connectivity index (χ0) is 26.6. The number of rotatable bonds is 8. The Balaban J connectivity index is 1.57. The lowest BCUT2D eigenvalue weighted by atomic mass is 10.1. The minimum Gasteiger partial charge on any atom is -0.497 e. The fourth-order valence-electron chi connectivity index (χ4n) is 3.31. The maximum atomic E-state index is 12.9. The van der Waals surface area contributed by atoms with Crippen molar-refractivity contribution in [3.63, 3.8) is 0 Å². The molecular formula is C24H21N3O8S2. The van der Waals surface area contributed by atoms with E-state index in [9.17, 15) is 21.6 Å². The molecule has 37 heavy (non-hydrogen) atoms. The lowest BCUT2D eigenvalue weighted by Crippen LogP contribution is -2.33. The van der Waals surface area contributed by atoms with Gasteiger partial charge in [0.05, 0.1) is 30.2 Å². The fourth-order valence-corrected chi connectivity index (χ4v) is 5.22. The Labute approximate surface area is 213 Å². The van der Waals surface area contributed by atoms with Crippen molar-refractivity contribution in [2.75, 3.05) is 18.9 Å². The Morgan fingerprint density at radius 1 is 0.730 bits per heavy atom. The van der Waals surface area contributed by atoms with Gasteiger partial charge in [0.15, 0.2) is 5.75 Å². The number of carbonyl (C=O) groups excluding carboxylic acids is 1. The maximum Gasteiger partial charge on any atom is 0.426 e. The van der Waals surface area contributed by atoms with Crippen LogP contribution in [-0.2, 0) is 20.0 Å². The van der Waals surface area contributed by atoms with Gasteiger partial charge in [-0.25, -0.2) is 31.3 Å². The molecule has 1 aromatic heterocycles. The minimum absolute atomic E-state index is 0.00923. The molecule has 3 aromatic carbocycles. The van der Waals surface area contributed by atoms with Crippen LogP contribution in [-0.4, -0.2) is 42.1 Å². The highest BCUT2D eigenvalue weighted by molar-refractivity contribution is 7.92. The van der Waals surface area contributed by atoms with Crippen molar-refractivity contribution in [1.29, 1.82) is 0 Å². The summed E-state index contributed by atoms with van der Waals surface area (Å²) in [7, 11) is -5.32. The molecule has 0 aliphatic heterocycles. The van der Waals surface area contributed by atoms with Crippen molar-refractivity contribution in [1.82, 2.24) is 9.71 Å². The van der Waals surface area contributed by atoms with Gasteiger partial charge in [-0.05, 0) is 48.5 Å². The van der Waals surface area contributed by atoms with Gasteiger partial charge < -0.3 is 14.2 Å². The lowest BCUT2D eigenvalue weighted by molar-refractivity contribution is 0.207. The zero-order valence-corrected chi connectivity index (χ0v) is 21.2. The van der Waals surface area contributed by atoms with Crippen LogP contribution in [0.3, 0.4) is 0 Å². The molecule has 0 atom stereocenters. The van der Waals surface area contributed by atoms with E-state index in [4.69, 9.17) is 14.2 Å². The van der Waals surface area contributed by atoms with Crippen LogP contribution in [0.1, 0.15) is 0 Å². The smallest absolute Gasteiger partial charge is 0.426 e. The van der Waals surface area contributed by atoms with Crippen molar-refractivity contribution in [3.05, 3.63) is 79.0 Å². The number of methoxy groups -OCH3 is 2. The number of amides is 1. The second-order valence-electron chi connectivity index (χ2n) is 7.47. The summed E-state index contributed by atoms with van der Waals surface area (Å²) in [6, 6.07) is 17.6. The molecule has 1 heterocycles. The molecule has 0 aliphatic carbocycles. The molecule has 0 unspecified atom stereocenters. The van der Waals surface area contributed by atoms with Crippen LogP contribution in [0.25, 0.3) is 10.8 Å². The van der Waals surface area contributed by atoms with Crippen LogP contribution in [0.2, 0.25) is 0 Å². The minimum atomic E-state index is -4.23. The molecule has 4 rings (SSSR count). The second-order valence-corrected chi connectivity index (χ2v) is 10.8. The van der Waals surface area contributed by atoms with Crippen molar-refractivity contribution in [2.24, 2.45) is 0 Å². The SMILES string of the molecule is COc1ccc(S(=O)(=O)NC(=O)Oc2cnc(NS(=O)(=O)c3ccc(OC)cc3)c3ccccc23)cc1. The molecule has 0 radical (unpaired) electrons. The highest BCUT2D eigenvalue weighted by atomic mass is 32.2. The molecule has 0 saturated heterocycles. The van der Waals surface area contributed by atoms with E-state index in [-0.39, 0.29) is 21.4 Å². The molecule has 11 nitrogen and oxygen atoms in total. The quantitative estimate of drug-likeness (QED) is 0.340. The molecule has 0 saturated carbocycles. The first-order valence-electron chi connectivity index (χ1n) is 10.6. The van der Waals surface area contributed by atoms with Gasteiger partial charge in [0, 0.05) is 10.8 Å². The van der Waals surface area contributed by atoms with Crippen LogP contribution in [0.4, 0.5) is 10.6 Å². The largest absolute Gasteiger partial charge is 0.497 e. The number of hydrogen-bond acceptors (Lipinski definition) is 9. The Hall–Kier alpha value is -4.36. The number of hydrogen-bond donors (Lipinski definition) is 2. The van der Waals surface area contributed by atoms with Crippen LogP contribution in [0.15, 0.2) is 88.8 Å². The standard InChI is InChI=1S/C24H21N3O8S2/c1-33-16-7-11-18(12-8-16)36(29,30)26-23-21-6-4-3-5-20(21)22(15-25-23)35-24(28)27-37(31,32)19-13-9-17(34-2)10-14-19/h3-15H,1-2H3,(H,25,26)(H,27,28). The monoisotopic (exact) mass is 543 g/mol. The number of ether oxygens (including phenoxy) is 3. The number of sulfonamides is 2. The molecule has 0 spiro atoms. The van der Waals surface area contributed by atoms with E-state index >= 15 is 0 Å². The van der Waals surface area contributed by atoms with E-state index in [2.05, 4.69) is 9.71 Å². The number of fused-ring (bicyclic) bond motifs is 1. The lowest BCUT2D eigenvalue weighted by Gasteiger charge is -2.13. The number of benzene rings is 3. The van der Waals surface area contributed by atoms with Gasteiger partial charge in [0.1, 0.15) is 17.3 Å². The second kappa shape index (κ2) is 10.3. The summed E-state index contributed by atoms with van der Waals surface area (Å²) in [6.45, 7) is 0. The Kier molecular flexibility index (Phi) is 7.18. The number of aromatic nitrogens is 1. The number of pyridine rings is 1. The van der Waals surface area contributed by atoms with Crippen molar-refractivity contribution < 1.29 is 35.8 Å². The molecule has 0 aliphatic rings. The first kappa shape index (κ1) is 25.7. The Morgan fingerprint density at radius 2 is 1.24 bits per heavy atom. The number of anilines is 1. The molecule has 1 amide bonds. The first-order chi connectivity index (χ1) is 17.6. The molecule has 13 heteroatoms. The van der Waals surface area contributed by atoms with Crippen molar-refractivity contribution in [2.45, 2.75) is 9.79 Å². The fraction of sp³-hybridized carbons (Fsp3) is 0.0833. The number of nitrogens with zero attached hydrogens (tertiary/aromatic N) is 1. The summed E-state index contributed by atoms with van der Waals surface area (Å²) in [6.07, 6.45) is -0.150. The highest BCUT2D eigenvalue weighted by Crippen LogP contribution is 2.31. The molecule has 4 aromatic rings. The third-order valence-corrected chi connectivity index (χ3v) is 7.83. The van der Waals surface area contributed by atoms with Gasteiger partial charge in [0.25, 0.3) is 20.0 Å². The average Bonchev–Trinajstić information content (AvgIpc) is 2.89. The van der Waals surface area contributed by atoms with Gasteiger partial charge in [0.2, 0.25) is 0 Å². The van der Waals surface area contributed by atoms with Crippen LogP contribution in [0.5, 0.6) is 17.2 Å². The number of carbonyl (C=O) groups is 1. The van der Waals surface area contributed by atoms with Gasteiger partial charge in [-0.3, -0.25) is 4.72 Å². The number of nitrogens with one attached hydrogen (secondary N) is 2. The summed E-state index contributed by atoms with van der Waals surface area (Å²) >= 11 is 0. The van der Waals surface area contributed by atoms with Gasteiger partial charge in [-0.1, -0.05) is 24.3 Å². The van der Waals surface area contributed by atoms with Crippen LogP contribution >= 0.6 is 0 Å². The molecular weight excluding hydrogens is 522 g/mol. The summed E-state index contributed by atoms with van der Waals surface area (Å²) in [4.78, 5) is 16.3. The van der Waals surface area contributed by atoms with Crippen molar-refractivity contribution >= 4 is 42.7 Å². The third-order valence-electron chi connectivity index (χ3n) is 5.15. The average molecular weight is 544 g/mol. The van der Waals surface area contributed by atoms with Crippen LogP contribution in [0, 0.1) is 0 Å². The van der Waals surface area contributed by atoms with E-state index in [0.717, 1.165) is 6.20 Å². The predicted octanol–water partition coefficient (Wildman–Crippen LogP) is 3.53. The van der Waals surface area contributed by atoms with E-state index in [0.29, 0.717) is 22.3 Å². The molecule has 0 fully saturated rings. The molecule has 2 N–H and O–H groups in total. The molecule has 0 bridgehead atoms. The zero-order valence-electron chi connectivity index (χ0n) is 19.5. The topological polar surface area (TPSA) is 150 Å². The first-order valence-corrected chi connectivity index (χ1v) is 13.5. The Bertz CT molecular complexity index is 1660. The maximum absolute atomic E-state index is 12.9. The summed E-state index contributed by atoms with van der Waals surface area (Å²) < 4.78 is 70.3. The predicted molar refractivity (Wildman–Crippen MR) is 135 cm³/mol. The third kappa shape index (κ3) is 5.73. The Morgan fingerprint density at radius 3 is 1.78 bits per heavy atom. The van der Waals surface area contributed by atoms with E-state index in [1.165, 1.54) is 62.8 Å². The van der Waals surface area contributed by atoms with Gasteiger partial charge >= 0.3 is 6.09 Å². The van der Waals surface area contributed by atoms with Crippen LogP contribution < -0.4 is 23.7 Å². The summed E-state index contributed by atoms with van der Waals surface area (Å²) in [5, 5.41) is 0.643. The van der Waals surface area contributed by atoms with Crippen molar-refractivity contribution in [3.8, 4) is 17.2 Å².